The highest BCUT2D eigenvalue weighted by molar-refractivity contribution is 6.00. The molecule has 2 N–H and O–H groups in total. The lowest BCUT2D eigenvalue weighted by Crippen LogP contribution is -2.49. The number of fused-ring (bicyclic) bond motifs is 2. The summed E-state index contributed by atoms with van der Waals surface area (Å²) in [5.41, 5.74) is 3.57. The van der Waals surface area contributed by atoms with Crippen molar-refractivity contribution in [2.45, 2.75) is 63.8 Å². The second-order valence-corrected chi connectivity index (χ2v) is 10.1. The van der Waals surface area contributed by atoms with E-state index in [1.807, 2.05) is 23.1 Å². The molecule has 1 atom stereocenters. The lowest BCUT2D eigenvalue weighted by atomic mass is 9.84. The number of benzene rings is 1. The summed E-state index contributed by atoms with van der Waals surface area (Å²) >= 11 is 0. The van der Waals surface area contributed by atoms with Crippen molar-refractivity contribution in [2.75, 3.05) is 41.4 Å². The Bertz CT molecular complexity index is 1100. The number of hydrogen-bond acceptors (Lipinski definition) is 6. The maximum atomic E-state index is 14.0. The molecule has 2 aromatic rings. The van der Waals surface area contributed by atoms with Gasteiger partial charge in [-0.25, -0.2) is 4.98 Å². The summed E-state index contributed by atoms with van der Waals surface area (Å²) < 4.78 is 45.2. The number of rotatable bonds is 5. The maximum absolute atomic E-state index is 14.0. The van der Waals surface area contributed by atoms with E-state index in [-0.39, 0.29) is 24.3 Å². The van der Waals surface area contributed by atoms with Gasteiger partial charge in [0.15, 0.2) is 0 Å². The minimum atomic E-state index is -4.26. The van der Waals surface area contributed by atoms with Crippen LogP contribution in [-0.4, -0.2) is 55.5 Å². The zero-order valence-corrected chi connectivity index (χ0v) is 21.1. The molecule has 3 heterocycles. The van der Waals surface area contributed by atoms with Crippen molar-refractivity contribution in [2.24, 2.45) is 5.92 Å². The molecule has 10 heteroatoms. The summed E-state index contributed by atoms with van der Waals surface area (Å²) in [6.07, 6.45) is -0.311. The minimum absolute atomic E-state index is 0.00115. The number of carbonyl (C=O) groups excluding carboxylic acids is 1. The average molecular weight is 518 g/mol. The highest BCUT2D eigenvalue weighted by Crippen LogP contribution is 2.40. The van der Waals surface area contributed by atoms with Crippen LogP contribution in [0.5, 0.6) is 0 Å². The first-order valence-corrected chi connectivity index (χ1v) is 13.1. The Balaban J connectivity index is 1.36. The number of nitrogens with zero attached hydrogens (tertiary/aromatic N) is 3. The van der Waals surface area contributed by atoms with Crippen LogP contribution in [0.15, 0.2) is 36.5 Å². The van der Waals surface area contributed by atoms with Gasteiger partial charge < -0.3 is 25.2 Å². The number of anilines is 4. The first-order chi connectivity index (χ1) is 17.8. The van der Waals surface area contributed by atoms with Crippen LogP contribution in [0.2, 0.25) is 0 Å². The second-order valence-electron chi connectivity index (χ2n) is 10.1. The first-order valence-electron chi connectivity index (χ1n) is 13.1. The fourth-order valence-corrected chi connectivity index (χ4v) is 5.58. The van der Waals surface area contributed by atoms with Gasteiger partial charge in [0.1, 0.15) is 11.9 Å². The Morgan fingerprint density at radius 2 is 1.95 bits per heavy atom. The van der Waals surface area contributed by atoms with Crippen LogP contribution in [0.25, 0.3) is 0 Å². The van der Waals surface area contributed by atoms with Crippen molar-refractivity contribution in [3.8, 4) is 0 Å². The van der Waals surface area contributed by atoms with Gasteiger partial charge in [0, 0.05) is 42.5 Å². The Kier molecular flexibility index (Phi) is 7.57. The number of amides is 1. The number of hydrogen-bond donors (Lipinski definition) is 2. The molecule has 0 radical (unpaired) electrons. The molecule has 37 heavy (non-hydrogen) atoms. The molecule has 1 aromatic heterocycles. The molecule has 5 rings (SSSR count). The predicted octanol–water partition coefficient (Wildman–Crippen LogP) is 5.00. The predicted molar refractivity (Wildman–Crippen MR) is 137 cm³/mol. The third-order valence-corrected chi connectivity index (χ3v) is 7.70. The van der Waals surface area contributed by atoms with Gasteiger partial charge in [0.05, 0.1) is 31.1 Å². The van der Waals surface area contributed by atoms with Crippen molar-refractivity contribution in [1.29, 1.82) is 0 Å². The standard InChI is InChI=1S/C27H34F3N5O2/c1-2-24(27(28,29)30)32-20-7-5-18(6-8-20)26(36)35-17-19-4-3-11-31-25(19)33-22-10-9-21(16-23(22)35)34-12-14-37-15-13-34/h3-4,9-11,16,18,20,24,32H,2,5-8,12-15,17H2,1H3,(H,31,33)/t18-,20+,24-/m1/s1. The normalized spacial score (nSPS) is 22.9. The lowest BCUT2D eigenvalue weighted by molar-refractivity contribution is -0.159. The number of alkyl halides is 3. The Morgan fingerprint density at radius 3 is 2.65 bits per heavy atom. The Hall–Kier alpha value is -2.85. The van der Waals surface area contributed by atoms with Crippen LogP contribution >= 0.6 is 0 Å². The summed E-state index contributed by atoms with van der Waals surface area (Å²) in [5, 5.41) is 6.19. The van der Waals surface area contributed by atoms with Gasteiger partial charge in [-0.15, -0.1) is 0 Å². The second kappa shape index (κ2) is 10.9. The average Bonchev–Trinajstić information content (AvgIpc) is 3.08. The highest BCUT2D eigenvalue weighted by Gasteiger charge is 2.40. The first kappa shape index (κ1) is 25.8. The maximum Gasteiger partial charge on any atom is 0.403 e. The van der Waals surface area contributed by atoms with Crippen molar-refractivity contribution in [1.82, 2.24) is 10.3 Å². The third kappa shape index (κ3) is 5.70. The summed E-state index contributed by atoms with van der Waals surface area (Å²) in [7, 11) is 0. The number of ether oxygens (including phenoxy) is 1. The van der Waals surface area contributed by atoms with Crippen molar-refractivity contribution in [3.63, 3.8) is 0 Å². The topological polar surface area (TPSA) is 69.7 Å². The van der Waals surface area contributed by atoms with Gasteiger partial charge >= 0.3 is 6.18 Å². The number of pyridine rings is 1. The molecule has 2 aliphatic heterocycles. The minimum Gasteiger partial charge on any atom is -0.378 e. The number of aromatic nitrogens is 1. The van der Waals surface area contributed by atoms with Gasteiger partial charge in [0.25, 0.3) is 0 Å². The van der Waals surface area contributed by atoms with Crippen LogP contribution in [-0.2, 0) is 16.1 Å². The van der Waals surface area contributed by atoms with Gasteiger partial charge in [-0.3, -0.25) is 4.79 Å². The molecule has 3 aliphatic rings. The number of halogens is 3. The van der Waals surface area contributed by atoms with Crippen LogP contribution in [0, 0.1) is 5.92 Å². The van der Waals surface area contributed by atoms with Crippen LogP contribution < -0.4 is 20.4 Å². The molecular formula is C27H34F3N5O2. The van der Waals surface area contributed by atoms with Gasteiger partial charge in [0.2, 0.25) is 5.91 Å². The van der Waals surface area contributed by atoms with E-state index in [4.69, 9.17) is 4.74 Å². The van der Waals surface area contributed by atoms with E-state index >= 15 is 0 Å². The number of carbonyl (C=O) groups is 1. The Labute approximate surface area is 215 Å². The number of nitrogens with one attached hydrogen (secondary N) is 2. The van der Waals surface area contributed by atoms with Crippen molar-refractivity contribution >= 4 is 28.8 Å². The van der Waals surface area contributed by atoms with Crippen LogP contribution in [0.4, 0.5) is 36.1 Å². The smallest absolute Gasteiger partial charge is 0.378 e. The van der Waals surface area contributed by atoms with Crippen molar-refractivity contribution in [3.05, 3.63) is 42.1 Å². The molecule has 200 valence electrons. The van der Waals surface area contributed by atoms with Gasteiger partial charge in [-0.1, -0.05) is 13.0 Å². The highest BCUT2D eigenvalue weighted by atomic mass is 19.4. The summed E-state index contributed by atoms with van der Waals surface area (Å²) in [6, 6.07) is 8.19. The molecule has 0 unspecified atom stereocenters. The van der Waals surface area contributed by atoms with E-state index < -0.39 is 12.2 Å². The van der Waals surface area contributed by atoms with E-state index in [9.17, 15) is 18.0 Å². The van der Waals surface area contributed by atoms with Gasteiger partial charge in [-0.2, -0.15) is 13.2 Å². The molecule has 1 saturated heterocycles. The van der Waals surface area contributed by atoms with Crippen molar-refractivity contribution < 1.29 is 22.7 Å². The molecule has 1 saturated carbocycles. The van der Waals surface area contributed by atoms with Crippen LogP contribution in [0.1, 0.15) is 44.6 Å². The molecular weight excluding hydrogens is 483 g/mol. The number of morpholine rings is 1. The molecule has 1 amide bonds. The molecule has 0 spiro atoms. The van der Waals surface area contributed by atoms with E-state index in [1.165, 1.54) is 0 Å². The fourth-order valence-electron chi connectivity index (χ4n) is 5.58. The van der Waals surface area contributed by atoms with Gasteiger partial charge in [-0.05, 0) is 56.4 Å². The summed E-state index contributed by atoms with van der Waals surface area (Å²) in [4.78, 5) is 22.5. The molecule has 2 fully saturated rings. The Morgan fingerprint density at radius 1 is 1.19 bits per heavy atom. The fraction of sp³-hybridized carbons (Fsp3) is 0.556. The van der Waals surface area contributed by atoms with E-state index in [1.54, 1.807) is 13.1 Å². The SMILES string of the molecule is CC[C@@H](N[C@H]1CC[C@@H](C(=O)N2Cc3cccnc3Nc3ccc(N4CCOCC4)cc32)CC1)C(F)(F)F. The monoisotopic (exact) mass is 517 g/mol. The van der Waals surface area contributed by atoms with E-state index in [0.717, 1.165) is 41.5 Å². The molecule has 1 aliphatic carbocycles. The molecule has 1 aromatic carbocycles. The summed E-state index contributed by atoms with van der Waals surface area (Å²) in [6.45, 7) is 4.84. The quantitative estimate of drug-likeness (QED) is 0.582. The van der Waals surface area contributed by atoms with Crippen LogP contribution in [0.3, 0.4) is 0 Å². The zero-order valence-electron chi connectivity index (χ0n) is 21.1. The van der Waals surface area contributed by atoms with E-state index in [2.05, 4.69) is 32.7 Å². The molecule has 0 bridgehead atoms. The largest absolute Gasteiger partial charge is 0.403 e. The summed E-state index contributed by atoms with van der Waals surface area (Å²) in [5.74, 6) is 0.506. The van der Waals surface area contributed by atoms with E-state index in [0.29, 0.717) is 45.4 Å². The third-order valence-electron chi connectivity index (χ3n) is 7.70. The lowest BCUT2D eigenvalue weighted by Gasteiger charge is -2.35. The zero-order chi connectivity index (χ0) is 26.0. The molecule has 7 nitrogen and oxygen atoms in total.